The average molecular weight is 514 g/mol. The molecule has 1 aromatic carbocycles. The van der Waals surface area contributed by atoms with Crippen LogP contribution in [-0.4, -0.2) is 58.3 Å². The van der Waals surface area contributed by atoms with Crippen LogP contribution in [0, 0.1) is 5.41 Å². The maximum absolute atomic E-state index is 12.9. The highest BCUT2D eigenvalue weighted by Gasteiger charge is 2.38. The summed E-state index contributed by atoms with van der Waals surface area (Å²) in [5.41, 5.74) is 7.10. The van der Waals surface area contributed by atoms with Crippen molar-refractivity contribution >= 4 is 29.2 Å². The summed E-state index contributed by atoms with van der Waals surface area (Å²) in [4.78, 5) is 15.9. The molecule has 0 aliphatic carbocycles. The molecule has 3 aromatic rings. The van der Waals surface area contributed by atoms with Crippen LogP contribution in [0.15, 0.2) is 48.9 Å². The Morgan fingerprint density at radius 1 is 1.17 bits per heavy atom. The number of nitrogens with two attached hydrogens (primary N) is 1. The number of hydrogen-bond donors (Lipinski definition) is 5. The number of anilines is 1. The number of aromatic nitrogens is 3. The van der Waals surface area contributed by atoms with Gasteiger partial charge in [0.25, 0.3) is 0 Å². The molecule has 0 bridgehead atoms. The molecule has 2 heterocycles. The van der Waals surface area contributed by atoms with Gasteiger partial charge in [0, 0.05) is 41.3 Å². The minimum Gasteiger partial charge on any atom is -0.378 e. The first-order valence-electron chi connectivity index (χ1n) is 10.2. The van der Waals surface area contributed by atoms with Gasteiger partial charge in [-0.1, -0.05) is 12.1 Å². The molecule has 9 nitrogen and oxygen atoms in total. The fourth-order valence-corrected chi connectivity index (χ4v) is 3.04. The molecule has 1 atom stereocenters. The molecule has 36 heavy (non-hydrogen) atoms. The van der Waals surface area contributed by atoms with E-state index in [9.17, 15) is 31.1 Å². The van der Waals surface area contributed by atoms with E-state index in [-0.39, 0.29) is 11.3 Å². The number of amides is 2. The van der Waals surface area contributed by atoms with Crippen molar-refractivity contribution in [1.29, 1.82) is 5.41 Å². The summed E-state index contributed by atoms with van der Waals surface area (Å²) >= 11 is 0. The molecular formula is C21H20F6N8O. The molecule has 2 aromatic heterocycles. The average Bonchev–Trinajstić information content (AvgIpc) is 3.23. The van der Waals surface area contributed by atoms with E-state index < -0.39 is 37.5 Å². The van der Waals surface area contributed by atoms with Gasteiger partial charge < -0.3 is 27.1 Å². The standard InChI is InChI=1S/C21H20F6N8O/c22-20(23,24)11-32-19(36)34-15-3-1-2-12(4-15)16-10-31-18-5-13(9-33-35(16)18)14(6-28)8-30-17(7-29)21(25,26)27/h1-6,8-10,17,28,30H,7,11,29H2,(H2,32,34,36)/b14-8+,28-6?. The summed E-state index contributed by atoms with van der Waals surface area (Å²) in [6.45, 7) is -2.17. The second-order valence-corrected chi connectivity index (χ2v) is 7.40. The van der Waals surface area contributed by atoms with Gasteiger partial charge in [-0.05, 0) is 18.2 Å². The van der Waals surface area contributed by atoms with E-state index in [1.54, 1.807) is 17.4 Å². The van der Waals surface area contributed by atoms with Crippen LogP contribution in [-0.2, 0) is 0 Å². The van der Waals surface area contributed by atoms with E-state index in [1.165, 1.54) is 35.1 Å². The highest BCUT2D eigenvalue weighted by molar-refractivity contribution is 6.08. The fraction of sp³-hybridized carbons (Fsp3) is 0.238. The first-order valence-corrected chi connectivity index (χ1v) is 10.2. The quantitative estimate of drug-likeness (QED) is 0.232. The minimum absolute atomic E-state index is 0.105. The second-order valence-electron chi connectivity index (χ2n) is 7.40. The Morgan fingerprint density at radius 3 is 2.56 bits per heavy atom. The molecule has 6 N–H and O–H groups in total. The van der Waals surface area contributed by atoms with Gasteiger partial charge in [0.1, 0.15) is 12.6 Å². The van der Waals surface area contributed by atoms with Crippen molar-refractivity contribution in [2.75, 3.05) is 18.4 Å². The number of hydrogen-bond acceptors (Lipinski definition) is 6. The van der Waals surface area contributed by atoms with Crippen LogP contribution < -0.4 is 21.7 Å². The maximum Gasteiger partial charge on any atom is 0.409 e. The van der Waals surface area contributed by atoms with Crippen LogP contribution in [0.5, 0.6) is 0 Å². The Balaban J connectivity index is 1.82. The number of nitrogens with zero attached hydrogens (tertiary/aromatic N) is 3. The van der Waals surface area contributed by atoms with Crippen molar-refractivity contribution in [1.82, 2.24) is 25.2 Å². The van der Waals surface area contributed by atoms with Gasteiger partial charge in [-0.2, -0.15) is 31.4 Å². The summed E-state index contributed by atoms with van der Waals surface area (Å²) in [6.07, 6.45) is -4.46. The zero-order chi connectivity index (χ0) is 26.5. The van der Waals surface area contributed by atoms with Crippen molar-refractivity contribution in [3.05, 3.63) is 54.5 Å². The SMILES string of the molecule is N=C/C(=C\NC(CN)C(F)(F)F)c1cnn2c(-c3cccc(NC(=O)NCC(F)(F)F)c3)cnc2c1. The Morgan fingerprint density at radius 2 is 1.92 bits per heavy atom. The molecular weight excluding hydrogens is 494 g/mol. The number of carbonyl (C=O) groups excluding carboxylic acids is 1. The number of fused-ring (bicyclic) bond motifs is 1. The smallest absolute Gasteiger partial charge is 0.378 e. The first-order chi connectivity index (χ1) is 16.9. The van der Waals surface area contributed by atoms with E-state index in [0.717, 1.165) is 12.4 Å². The highest BCUT2D eigenvalue weighted by Crippen LogP contribution is 2.25. The Labute approximate surface area is 199 Å². The lowest BCUT2D eigenvalue weighted by Crippen LogP contribution is -2.45. The predicted molar refractivity (Wildman–Crippen MR) is 120 cm³/mol. The van der Waals surface area contributed by atoms with Crippen molar-refractivity contribution in [3.8, 4) is 11.3 Å². The number of allylic oxidation sites excluding steroid dienone is 1. The van der Waals surface area contributed by atoms with Crippen molar-refractivity contribution in [3.63, 3.8) is 0 Å². The first kappa shape index (κ1) is 26.5. The third-order valence-electron chi connectivity index (χ3n) is 4.79. The number of carbonyl (C=O) groups is 1. The van der Waals surface area contributed by atoms with E-state index in [0.29, 0.717) is 22.5 Å². The molecule has 0 saturated heterocycles. The summed E-state index contributed by atoms with van der Waals surface area (Å²) in [7, 11) is 0. The molecule has 0 radical (unpaired) electrons. The number of alkyl halides is 6. The summed E-state index contributed by atoms with van der Waals surface area (Å²) in [5.74, 6) is 0. The lowest BCUT2D eigenvalue weighted by atomic mass is 10.1. The van der Waals surface area contributed by atoms with Gasteiger partial charge in [0.15, 0.2) is 5.65 Å². The number of rotatable bonds is 8. The summed E-state index contributed by atoms with van der Waals surface area (Å²) in [5, 5.41) is 17.9. The normalized spacial score (nSPS) is 13.4. The summed E-state index contributed by atoms with van der Waals surface area (Å²) in [6, 6.07) is 4.70. The van der Waals surface area contributed by atoms with Crippen LogP contribution in [0.4, 0.5) is 36.8 Å². The second kappa shape index (κ2) is 10.6. The molecule has 15 heteroatoms. The van der Waals surface area contributed by atoms with Crippen LogP contribution in [0.3, 0.4) is 0 Å². The number of nitrogens with one attached hydrogen (secondary N) is 4. The Bertz CT molecular complexity index is 1270. The van der Waals surface area contributed by atoms with Gasteiger partial charge in [-0.25, -0.2) is 14.3 Å². The van der Waals surface area contributed by atoms with Crippen LogP contribution in [0.2, 0.25) is 0 Å². The van der Waals surface area contributed by atoms with Gasteiger partial charge in [-0.15, -0.1) is 0 Å². The molecule has 0 aliphatic heterocycles. The van der Waals surface area contributed by atoms with Gasteiger partial charge in [0.05, 0.1) is 18.1 Å². The number of urea groups is 1. The van der Waals surface area contributed by atoms with Crippen LogP contribution in [0.25, 0.3) is 22.5 Å². The third kappa shape index (κ3) is 6.71. The summed E-state index contributed by atoms with van der Waals surface area (Å²) < 4.78 is 76.9. The molecule has 2 amide bonds. The van der Waals surface area contributed by atoms with Gasteiger partial charge in [-0.3, -0.25) is 0 Å². The zero-order valence-corrected chi connectivity index (χ0v) is 18.3. The molecule has 0 fully saturated rings. The zero-order valence-electron chi connectivity index (χ0n) is 18.3. The van der Waals surface area contributed by atoms with Gasteiger partial charge in [0.2, 0.25) is 0 Å². The largest absolute Gasteiger partial charge is 0.409 e. The van der Waals surface area contributed by atoms with E-state index >= 15 is 0 Å². The van der Waals surface area contributed by atoms with Crippen molar-refractivity contribution in [2.45, 2.75) is 18.4 Å². The Kier molecular flexibility index (Phi) is 7.82. The molecule has 192 valence electrons. The molecule has 3 rings (SSSR count). The minimum atomic E-state index is -4.57. The Hall–Kier alpha value is -4.14. The maximum atomic E-state index is 12.9. The highest BCUT2D eigenvalue weighted by atomic mass is 19.4. The monoisotopic (exact) mass is 514 g/mol. The van der Waals surface area contributed by atoms with Crippen molar-refractivity contribution in [2.24, 2.45) is 5.73 Å². The molecule has 0 saturated carbocycles. The van der Waals surface area contributed by atoms with E-state index in [4.69, 9.17) is 11.1 Å². The van der Waals surface area contributed by atoms with E-state index in [2.05, 4.69) is 20.7 Å². The van der Waals surface area contributed by atoms with Crippen LogP contribution in [0.1, 0.15) is 5.56 Å². The molecule has 0 spiro atoms. The molecule has 0 aliphatic rings. The number of imidazole rings is 1. The van der Waals surface area contributed by atoms with E-state index in [1.807, 2.05) is 0 Å². The van der Waals surface area contributed by atoms with Crippen molar-refractivity contribution < 1.29 is 31.1 Å². The number of benzene rings is 1. The molecule has 1 unspecified atom stereocenters. The predicted octanol–water partition coefficient (Wildman–Crippen LogP) is 3.55. The third-order valence-corrected chi connectivity index (χ3v) is 4.79. The number of halogens is 6. The topological polar surface area (TPSA) is 133 Å². The van der Waals surface area contributed by atoms with Gasteiger partial charge >= 0.3 is 18.4 Å². The van der Waals surface area contributed by atoms with Crippen LogP contribution >= 0.6 is 0 Å². The lowest BCUT2D eigenvalue weighted by molar-refractivity contribution is -0.150. The lowest BCUT2D eigenvalue weighted by Gasteiger charge is -2.19. The fourth-order valence-electron chi connectivity index (χ4n) is 3.04.